The Hall–Kier alpha value is -2.70. The molecule has 1 aromatic carbocycles. The van der Waals surface area contributed by atoms with Crippen LogP contribution in [0.5, 0.6) is 0 Å². The molecule has 0 saturated heterocycles. The van der Waals surface area contributed by atoms with E-state index in [2.05, 4.69) is 26.1 Å². The molecule has 1 N–H and O–H groups in total. The molecule has 0 unspecified atom stereocenters. The molecule has 1 aliphatic heterocycles. The highest BCUT2D eigenvalue weighted by molar-refractivity contribution is 5.99. The third-order valence-corrected chi connectivity index (χ3v) is 7.23. The molecule has 4 rings (SSSR count). The van der Waals surface area contributed by atoms with Gasteiger partial charge in [-0.3, -0.25) is 14.3 Å². The van der Waals surface area contributed by atoms with Crippen molar-refractivity contribution in [1.29, 1.82) is 0 Å². The Morgan fingerprint density at radius 3 is 2.47 bits per heavy atom. The van der Waals surface area contributed by atoms with Gasteiger partial charge in [-0.25, -0.2) is 4.39 Å². The number of nitrogens with one attached hydrogen (secondary N) is 1. The van der Waals surface area contributed by atoms with Crippen LogP contribution in [0, 0.1) is 5.82 Å². The Morgan fingerprint density at radius 1 is 1.15 bits per heavy atom. The van der Waals surface area contributed by atoms with Gasteiger partial charge in [0.2, 0.25) is 5.91 Å². The summed E-state index contributed by atoms with van der Waals surface area (Å²) in [6.45, 7) is 8.38. The fraction of sp³-hybridized carbons (Fsp3) is 0.593. The molecule has 2 heterocycles. The maximum absolute atomic E-state index is 13.9. The molecule has 184 valence electrons. The number of aromatic nitrogens is 2. The van der Waals surface area contributed by atoms with E-state index in [0.717, 1.165) is 31.4 Å². The number of nitrogens with zero attached hydrogens (tertiary/aromatic N) is 3. The summed E-state index contributed by atoms with van der Waals surface area (Å²) in [5.41, 5.74) is 0.571. The summed E-state index contributed by atoms with van der Waals surface area (Å²) >= 11 is 0. The number of amides is 2. The van der Waals surface area contributed by atoms with E-state index < -0.39 is 5.54 Å². The minimum Gasteiger partial charge on any atom is -0.351 e. The minimum atomic E-state index is -1.14. The second-order valence-corrected chi connectivity index (χ2v) is 11.1. The first-order valence-corrected chi connectivity index (χ1v) is 12.5. The lowest BCUT2D eigenvalue weighted by atomic mass is 9.91. The van der Waals surface area contributed by atoms with Crippen molar-refractivity contribution in [2.75, 3.05) is 0 Å². The number of carbonyl (C=O) groups excluding carboxylic acids is 2. The van der Waals surface area contributed by atoms with E-state index in [4.69, 9.17) is 5.10 Å². The summed E-state index contributed by atoms with van der Waals surface area (Å²) in [6, 6.07) is 8.16. The van der Waals surface area contributed by atoms with Gasteiger partial charge in [-0.2, -0.15) is 5.10 Å². The Balaban J connectivity index is 1.68. The van der Waals surface area contributed by atoms with Crippen molar-refractivity contribution in [1.82, 2.24) is 20.0 Å². The molecule has 1 atom stereocenters. The van der Waals surface area contributed by atoms with Crippen molar-refractivity contribution in [2.24, 2.45) is 0 Å². The zero-order valence-corrected chi connectivity index (χ0v) is 20.9. The molecule has 0 radical (unpaired) electrons. The molecule has 6 nitrogen and oxygen atoms in total. The summed E-state index contributed by atoms with van der Waals surface area (Å²) in [5.74, 6) is -0.780. The molecule has 0 spiro atoms. The lowest BCUT2D eigenvalue weighted by Crippen LogP contribution is -2.64. The van der Waals surface area contributed by atoms with Crippen LogP contribution in [0.4, 0.5) is 4.39 Å². The normalized spacial score (nSPS) is 22.1. The van der Waals surface area contributed by atoms with Crippen LogP contribution in [0.1, 0.15) is 94.4 Å². The van der Waals surface area contributed by atoms with Crippen LogP contribution in [0.2, 0.25) is 0 Å². The molecule has 1 fully saturated rings. The zero-order valence-electron chi connectivity index (χ0n) is 20.9. The SMILES string of the molecule is CC(C)(C)c1cc2n(n1)C[C@](C)(C(=O)NC1CCCCCCC1)N(Cc1cccc(F)c1)C2=O. The zero-order chi connectivity index (χ0) is 24.5. The molecule has 2 aliphatic rings. The van der Waals surface area contributed by atoms with Crippen LogP contribution in [0.3, 0.4) is 0 Å². The van der Waals surface area contributed by atoms with Crippen LogP contribution in [0.15, 0.2) is 30.3 Å². The molecule has 34 heavy (non-hydrogen) atoms. The van der Waals surface area contributed by atoms with Gasteiger partial charge in [0.25, 0.3) is 5.91 Å². The van der Waals surface area contributed by atoms with Crippen molar-refractivity contribution in [3.63, 3.8) is 0 Å². The highest BCUT2D eigenvalue weighted by Gasteiger charge is 2.48. The first-order chi connectivity index (χ1) is 16.1. The molecule has 1 aliphatic carbocycles. The van der Waals surface area contributed by atoms with Gasteiger partial charge in [-0.05, 0) is 43.5 Å². The minimum absolute atomic E-state index is 0.111. The smallest absolute Gasteiger partial charge is 0.273 e. The van der Waals surface area contributed by atoms with Gasteiger partial charge in [0, 0.05) is 18.0 Å². The molecule has 2 amide bonds. The number of fused-ring (bicyclic) bond motifs is 1. The van der Waals surface area contributed by atoms with Crippen molar-refractivity contribution in [3.05, 3.63) is 53.1 Å². The Labute approximate surface area is 201 Å². The van der Waals surface area contributed by atoms with E-state index >= 15 is 0 Å². The maximum atomic E-state index is 13.9. The van der Waals surface area contributed by atoms with Crippen molar-refractivity contribution in [2.45, 2.75) is 103 Å². The predicted molar refractivity (Wildman–Crippen MR) is 130 cm³/mol. The van der Waals surface area contributed by atoms with Crippen LogP contribution in [-0.4, -0.2) is 38.1 Å². The van der Waals surface area contributed by atoms with E-state index in [9.17, 15) is 14.0 Å². The Kier molecular flexibility index (Phi) is 6.83. The quantitative estimate of drug-likeness (QED) is 0.689. The second kappa shape index (κ2) is 9.51. The Morgan fingerprint density at radius 2 is 1.82 bits per heavy atom. The fourth-order valence-corrected chi connectivity index (χ4v) is 5.02. The molecule has 1 saturated carbocycles. The highest BCUT2D eigenvalue weighted by atomic mass is 19.1. The number of rotatable bonds is 4. The third-order valence-electron chi connectivity index (χ3n) is 7.23. The Bertz CT molecular complexity index is 1050. The summed E-state index contributed by atoms with van der Waals surface area (Å²) in [4.78, 5) is 29.1. The van der Waals surface area contributed by atoms with E-state index in [1.807, 2.05) is 13.0 Å². The molecule has 1 aromatic heterocycles. The van der Waals surface area contributed by atoms with Crippen molar-refractivity contribution < 1.29 is 14.0 Å². The standard InChI is InChI=1S/C27H37FN4O2/c1-26(2,3)23-16-22-24(33)31(17-19-11-10-12-20(28)15-19)27(4,18-32(22)30-23)25(34)29-21-13-8-6-5-7-9-14-21/h10-12,15-16,21H,5-9,13-14,17-18H2,1-4H3,(H,29,34)/t27-/m1/s1. The first kappa shape index (κ1) is 24.4. The largest absolute Gasteiger partial charge is 0.351 e. The van der Waals surface area contributed by atoms with E-state index in [1.54, 1.807) is 21.7 Å². The molecule has 2 aromatic rings. The van der Waals surface area contributed by atoms with Gasteiger partial charge in [0.05, 0.1) is 12.2 Å². The maximum Gasteiger partial charge on any atom is 0.273 e. The van der Waals surface area contributed by atoms with Gasteiger partial charge in [-0.1, -0.05) is 65.0 Å². The second-order valence-electron chi connectivity index (χ2n) is 11.1. The monoisotopic (exact) mass is 468 g/mol. The third kappa shape index (κ3) is 5.03. The van der Waals surface area contributed by atoms with Crippen LogP contribution >= 0.6 is 0 Å². The fourth-order valence-electron chi connectivity index (χ4n) is 5.02. The molecular weight excluding hydrogens is 431 g/mol. The van der Waals surface area contributed by atoms with Crippen LogP contribution in [0.25, 0.3) is 0 Å². The summed E-state index contributed by atoms with van der Waals surface area (Å²) in [7, 11) is 0. The summed E-state index contributed by atoms with van der Waals surface area (Å²) in [5, 5.41) is 7.97. The number of hydrogen-bond acceptors (Lipinski definition) is 3. The van der Waals surface area contributed by atoms with Crippen LogP contribution in [-0.2, 0) is 23.3 Å². The van der Waals surface area contributed by atoms with E-state index in [1.165, 1.54) is 31.4 Å². The van der Waals surface area contributed by atoms with E-state index in [0.29, 0.717) is 11.3 Å². The number of carbonyl (C=O) groups is 2. The first-order valence-electron chi connectivity index (χ1n) is 12.5. The van der Waals surface area contributed by atoms with Crippen molar-refractivity contribution in [3.8, 4) is 0 Å². The number of hydrogen-bond donors (Lipinski definition) is 1. The summed E-state index contributed by atoms with van der Waals surface area (Å²) in [6.07, 6.45) is 7.77. The van der Waals surface area contributed by atoms with Gasteiger partial charge < -0.3 is 10.2 Å². The highest BCUT2D eigenvalue weighted by Crippen LogP contribution is 2.32. The van der Waals surface area contributed by atoms with Gasteiger partial charge in [0.15, 0.2) is 0 Å². The van der Waals surface area contributed by atoms with Gasteiger partial charge in [-0.15, -0.1) is 0 Å². The lowest BCUT2D eigenvalue weighted by molar-refractivity contribution is -0.134. The van der Waals surface area contributed by atoms with Gasteiger partial charge >= 0.3 is 0 Å². The predicted octanol–water partition coefficient (Wildman–Crippen LogP) is 4.96. The van der Waals surface area contributed by atoms with Crippen LogP contribution < -0.4 is 5.32 Å². The topological polar surface area (TPSA) is 67.2 Å². The average molecular weight is 469 g/mol. The number of benzene rings is 1. The lowest BCUT2D eigenvalue weighted by Gasteiger charge is -2.44. The summed E-state index contributed by atoms with van der Waals surface area (Å²) < 4.78 is 15.6. The van der Waals surface area contributed by atoms with Gasteiger partial charge in [0.1, 0.15) is 17.1 Å². The molecule has 7 heteroatoms. The van der Waals surface area contributed by atoms with E-state index in [-0.39, 0.29) is 42.2 Å². The molecule has 0 bridgehead atoms. The average Bonchev–Trinajstić information content (AvgIpc) is 3.17. The molecular formula is C27H37FN4O2. The van der Waals surface area contributed by atoms with Crippen molar-refractivity contribution >= 4 is 11.8 Å². The number of halogens is 1.